The van der Waals surface area contributed by atoms with Crippen molar-refractivity contribution in [3.05, 3.63) is 10.6 Å². The van der Waals surface area contributed by atoms with Crippen LogP contribution in [-0.2, 0) is 0 Å². The molecule has 1 heteroatoms. The molecular weight excluding hydrogens is 164 g/mol. The van der Waals surface area contributed by atoms with Gasteiger partial charge in [-0.05, 0) is 30.7 Å². The van der Waals surface area contributed by atoms with Gasteiger partial charge in [-0.2, -0.15) is 0 Å². The van der Waals surface area contributed by atoms with E-state index in [0.717, 1.165) is 0 Å². The van der Waals surface area contributed by atoms with Crippen molar-refractivity contribution < 1.29 is 0 Å². The van der Waals surface area contributed by atoms with Crippen LogP contribution in [0.4, 0.5) is 0 Å². The summed E-state index contributed by atoms with van der Waals surface area (Å²) in [4.78, 5) is 2.09. The summed E-state index contributed by atoms with van der Waals surface area (Å²) in [6.07, 6.45) is 6.88. The van der Waals surface area contributed by atoms with Crippen LogP contribution in [0.25, 0.3) is 0 Å². The molecule has 8 heavy (non-hydrogen) atoms. The molecule has 0 atom stereocenters. The smallest absolute Gasteiger partial charge is 0.0197 e. The largest absolute Gasteiger partial charge is 0.0633 e. The molecule has 0 aromatic heterocycles. The van der Waals surface area contributed by atoms with Gasteiger partial charge in [0, 0.05) is 0 Å². The molecule has 0 saturated heterocycles. The van der Waals surface area contributed by atoms with Gasteiger partial charge in [-0.1, -0.05) is 27.9 Å². The average Bonchev–Trinajstić information content (AvgIpc) is 1.90. The van der Waals surface area contributed by atoms with Crippen LogP contribution in [0.2, 0.25) is 0 Å². The van der Waals surface area contributed by atoms with E-state index in [1.165, 1.54) is 32.1 Å². The fourth-order valence-corrected chi connectivity index (χ4v) is 1.57. The Morgan fingerprint density at radius 1 is 1.12 bits per heavy atom. The van der Waals surface area contributed by atoms with Crippen LogP contribution in [-0.4, -0.2) is 0 Å². The Morgan fingerprint density at radius 2 is 1.75 bits per heavy atom. The minimum atomic E-state index is 1.32. The molecule has 0 unspecified atom stereocenters. The number of allylic oxidation sites excluding steroid dienone is 1. The van der Waals surface area contributed by atoms with Gasteiger partial charge in [0.2, 0.25) is 0 Å². The fourth-order valence-electron chi connectivity index (χ4n) is 1.12. The molecule has 0 N–H and O–H groups in total. The Morgan fingerprint density at radius 3 is 2.12 bits per heavy atom. The summed E-state index contributed by atoms with van der Waals surface area (Å²) < 4.78 is 0. The lowest BCUT2D eigenvalue weighted by Gasteiger charge is -2.11. The molecule has 0 aliphatic heterocycles. The third kappa shape index (κ3) is 1.62. The first-order valence-corrected chi connectivity index (χ1v) is 4.13. The van der Waals surface area contributed by atoms with Gasteiger partial charge in [0.25, 0.3) is 0 Å². The molecule has 0 heterocycles. The maximum absolute atomic E-state index is 3.35. The Bertz CT molecular complexity index is 86.6. The Labute approximate surface area is 59.1 Å². The molecule has 1 aliphatic rings. The molecule has 1 fully saturated rings. The third-order valence-corrected chi connectivity index (χ3v) is 2.30. The Hall–Kier alpha value is 0.220. The molecule has 0 aromatic carbocycles. The molecule has 1 aliphatic carbocycles. The number of halogens is 1. The summed E-state index contributed by atoms with van der Waals surface area (Å²) in [5, 5.41) is 0. The van der Waals surface area contributed by atoms with Gasteiger partial charge in [-0.25, -0.2) is 0 Å². The van der Waals surface area contributed by atoms with E-state index in [1.807, 2.05) is 0 Å². The van der Waals surface area contributed by atoms with E-state index in [1.54, 1.807) is 5.57 Å². The zero-order valence-electron chi connectivity index (χ0n) is 4.99. The summed E-state index contributed by atoms with van der Waals surface area (Å²) in [6, 6.07) is 0. The van der Waals surface area contributed by atoms with Gasteiger partial charge in [0.1, 0.15) is 0 Å². The van der Waals surface area contributed by atoms with E-state index in [0.29, 0.717) is 0 Å². The lowest BCUT2D eigenvalue weighted by Crippen LogP contribution is -1.91. The molecule has 46 valence electrons. The second-order valence-corrected chi connectivity index (χ2v) is 2.79. The molecule has 0 amide bonds. The summed E-state index contributed by atoms with van der Waals surface area (Å²) >= 11 is 3.35. The Kier molecular flexibility index (Phi) is 2.60. The van der Waals surface area contributed by atoms with Crippen molar-refractivity contribution in [2.24, 2.45) is 0 Å². The van der Waals surface area contributed by atoms with Crippen molar-refractivity contribution in [2.75, 3.05) is 0 Å². The van der Waals surface area contributed by atoms with Crippen molar-refractivity contribution >= 4 is 15.9 Å². The SMILES string of the molecule is BrC=C1CCCCC1. The highest BCUT2D eigenvalue weighted by Crippen LogP contribution is 2.23. The van der Waals surface area contributed by atoms with E-state index in [2.05, 4.69) is 20.9 Å². The monoisotopic (exact) mass is 174 g/mol. The van der Waals surface area contributed by atoms with Crippen molar-refractivity contribution in [3.63, 3.8) is 0 Å². The van der Waals surface area contributed by atoms with Gasteiger partial charge in [0.15, 0.2) is 0 Å². The first kappa shape index (κ1) is 6.34. The fraction of sp³-hybridized carbons (Fsp3) is 0.714. The minimum Gasteiger partial charge on any atom is -0.0633 e. The summed E-state index contributed by atoms with van der Waals surface area (Å²) in [5.41, 5.74) is 1.59. The highest BCUT2D eigenvalue weighted by Gasteiger charge is 2.02. The van der Waals surface area contributed by atoms with Gasteiger partial charge < -0.3 is 0 Å². The Balaban J connectivity index is 2.33. The highest BCUT2D eigenvalue weighted by atomic mass is 79.9. The predicted molar refractivity (Wildman–Crippen MR) is 40.1 cm³/mol. The third-order valence-electron chi connectivity index (χ3n) is 1.65. The molecule has 1 rings (SSSR count). The quantitative estimate of drug-likeness (QED) is 0.530. The first-order valence-electron chi connectivity index (χ1n) is 3.21. The maximum atomic E-state index is 3.35. The van der Waals surface area contributed by atoms with Crippen LogP contribution < -0.4 is 0 Å². The van der Waals surface area contributed by atoms with Gasteiger partial charge in [-0.15, -0.1) is 0 Å². The lowest BCUT2D eigenvalue weighted by molar-refractivity contribution is 0.600. The maximum Gasteiger partial charge on any atom is -0.0197 e. The second kappa shape index (κ2) is 3.29. The zero-order valence-corrected chi connectivity index (χ0v) is 6.58. The van der Waals surface area contributed by atoms with Crippen LogP contribution in [0, 0.1) is 0 Å². The molecule has 0 nitrogen and oxygen atoms in total. The van der Waals surface area contributed by atoms with E-state index in [9.17, 15) is 0 Å². The van der Waals surface area contributed by atoms with Crippen molar-refractivity contribution in [1.82, 2.24) is 0 Å². The average molecular weight is 175 g/mol. The molecule has 0 bridgehead atoms. The van der Waals surface area contributed by atoms with E-state index >= 15 is 0 Å². The van der Waals surface area contributed by atoms with Gasteiger partial charge >= 0.3 is 0 Å². The van der Waals surface area contributed by atoms with Crippen LogP contribution >= 0.6 is 15.9 Å². The number of hydrogen-bond acceptors (Lipinski definition) is 0. The van der Waals surface area contributed by atoms with Crippen LogP contribution in [0.15, 0.2) is 10.6 Å². The van der Waals surface area contributed by atoms with E-state index in [-0.39, 0.29) is 0 Å². The van der Waals surface area contributed by atoms with Crippen LogP contribution in [0.1, 0.15) is 32.1 Å². The van der Waals surface area contributed by atoms with Crippen molar-refractivity contribution in [3.8, 4) is 0 Å². The van der Waals surface area contributed by atoms with Gasteiger partial charge in [0.05, 0.1) is 0 Å². The number of hydrogen-bond donors (Lipinski definition) is 0. The summed E-state index contributed by atoms with van der Waals surface area (Å²) in [5.74, 6) is 0. The predicted octanol–water partition coefficient (Wildman–Crippen LogP) is 3.23. The lowest BCUT2D eigenvalue weighted by atomic mass is 9.97. The second-order valence-electron chi connectivity index (χ2n) is 2.33. The molecule has 0 spiro atoms. The molecule has 1 saturated carbocycles. The van der Waals surface area contributed by atoms with E-state index < -0.39 is 0 Å². The van der Waals surface area contributed by atoms with Crippen LogP contribution in [0.5, 0.6) is 0 Å². The van der Waals surface area contributed by atoms with Gasteiger partial charge in [-0.3, -0.25) is 0 Å². The highest BCUT2D eigenvalue weighted by molar-refractivity contribution is 9.11. The molecule has 0 radical (unpaired) electrons. The summed E-state index contributed by atoms with van der Waals surface area (Å²) in [6.45, 7) is 0. The van der Waals surface area contributed by atoms with Crippen molar-refractivity contribution in [2.45, 2.75) is 32.1 Å². The van der Waals surface area contributed by atoms with Crippen molar-refractivity contribution in [1.29, 1.82) is 0 Å². The minimum absolute atomic E-state index is 1.32. The first-order chi connectivity index (χ1) is 3.93. The summed E-state index contributed by atoms with van der Waals surface area (Å²) in [7, 11) is 0. The van der Waals surface area contributed by atoms with E-state index in [4.69, 9.17) is 0 Å². The zero-order chi connectivity index (χ0) is 5.82. The normalized spacial score (nSPS) is 20.9. The molecular formula is C7H11Br. The molecule has 0 aromatic rings. The standard InChI is InChI=1S/C7H11Br/c8-6-7-4-2-1-3-5-7/h6H,1-5H2. The van der Waals surface area contributed by atoms with Crippen LogP contribution in [0.3, 0.4) is 0 Å². The number of rotatable bonds is 0. The topological polar surface area (TPSA) is 0 Å².